The fourth-order valence-corrected chi connectivity index (χ4v) is 13.4. The van der Waals surface area contributed by atoms with Gasteiger partial charge in [-0.25, -0.2) is 28.5 Å². The molecule has 29 nitrogen and oxygen atoms in total. The monoisotopic (exact) mass is 1430 g/mol. The number of piperazine rings is 1. The number of anilines is 4. The van der Waals surface area contributed by atoms with Crippen molar-refractivity contribution < 1.29 is 77.2 Å². The van der Waals surface area contributed by atoms with Gasteiger partial charge >= 0.3 is 23.6 Å². The lowest BCUT2D eigenvalue weighted by atomic mass is 9.78. The summed E-state index contributed by atoms with van der Waals surface area (Å²) in [6.45, 7) is 24.9. The van der Waals surface area contributed by atoms with E-state index in [1.807, 2.05) is 6.92 Å². The topological polar surface area (TPSA) is 443 Å². The number of allylic oxidation sites excluding steroid dienone is 2. The number of nitrogens with zero attached hydrogens (tertiary/aromatic N) is 8. The maximum absolute atomic E-state index is 15.2. The molecule has 2 fully saturated rings. The molecule has 15 N–H and O–H groups in total. The summed E-state index contributed by atoms with van der Waals surface area (Å²) in [4.78, 5) is 99.8. The third-order valence-corrected chi connectivity index (χ3v) is 19.0. The minimum absolute atomic E-state index is 0.0538. The van der Waals surface area contributed by atoms with Crippen LogP contribution in [0.3, 0.4) is 0 Å². The lowest BCUT2D eigenvalue weighted by Gasteiger charge is -2.38. The summed E-state index contributed by atoms with van der Waals surface area (Å²) in [7, 11) is 1.47. The maximum Gasteiger partial charge on any atom is 0.341 e. The summed E-state index contributed by atoms with van der Waals surface area (Å²) < 4.78 is 55.2. The second-order valence-electron chi connectivity index (χ2n) is 26.6. The Morgan fingerprint density at radius 1 is 0.931 bits per heavy atom. The highest BCUT2D eigenvalue weighted by molar-refractivity contribution is 6.31. The molecule has 546 valence electrons. The van der Waals surface area contributed by atoms with Crippen LogP contribution in [-0.2, 0) is 30.3 Å². The molecule has 5 aromatic rings. The first kappa shape index (κ1) is 77.3. The highest BCUT2D eigenvalue weighted by Gasteiger charge is 2.51. The summed E-state index contributed by atoms with van der Waals surface area (Å²) in [5.74, 6) is -11.2. The lowest BCUT2D eigenvalue weighted by Crippen LogP contribution is -2.49. The van der Waals surface area contributed by atoms with Gasteiger partial charge in [0.2, 0.25) is 5.43 Å². The Hall–Kier alpha value is -9.40. The SMILES string of the molecule is CCn1cc(C(=O)O)c(=O)c2cc(F)c(N3CCNC(C)C3)c(F)c21.CO[C@H]1/C=C/O[C@@]2(C)Oc3c(C)c(O)c4c(O)c(c5c(c4c3C2=O)NC2(CCN(CC(C)C)CC2)N=5)=NC(=O)/C(C)=C\C=C\[C@H](C)[C@H](O)[C@@H](C)[C@@H](O)[C@@H](C)[C@H](OC(C)=O)[C@@H]1C.NC(N)=NC(=O)c1nc(Cl)c(N)nc1N. The normalized spacial score (nSPS) is 25.6. The van der Waals surface area contributed by atoms with Crippen LogP contribution in [0.5, 0.6) is 17.2 Å². The number of aromatic carboxylic acids is 1. The molecule has 10 atom stereocenters. The number of carboxylic acids is 1. The molecule has 7 heterocycles. The number of aromatic hydroxyl groups is 2. The summed E-state index contributed by atoms with van der Waals surface area (Å²) in [5, 5.41) is 62.5. The number of rotatable bonds is 8. The summed E-state index contributed by atoms with van der Waals surface area (Å²) in [5.41, 5.74) is 18.7. The number of guanidine groups is 1. The van der Waals surface area contributed by atoms with Gasteiger partial charge in [0.15, 0.2) is 40.0 Å². The first-order valence-electron chi connectivity index (χ1n) is 33.0. The number of likely N-dealkylation sites (tertiary alicyclic amines) is 1. The molecule has 0 saturated carbocycles. The number of nitrogens with one attached hydrogen (secondary N) is 2. The van der Waals surface area contributed by atoms with Crippen molar-refractivity contribution in [2.75, 3.05) is 68.1 Å². The Morgan fingerprint density at radius 2 is 1.60 bits per heavy atom. The van der Waals surface area contributed by atoms with Gasteiger partial charge in [-0.2, -0.15) is 4.99 Å². The van der Waals surface area contributed by atoms with Crippen molar-refractivity contribution in [1.82, 2.24) is 24.8 Å². The quantitative estimate of drug-likeness (QED) is 0.0409. The predicted octanol–water partition coefficient (Wildman–Crippen LogP) is 5.25. The number of piperidine rings is 1. The number of halogens is 3. The number of aliphatic hydroxyl groups excluding tert-OH is 2. The smallest absolute Gasteiger partial charge is 0.341 e. The van der Waals surface area contributed by atoms with Crippen molar-refractivity contribution in [3.05, 3.63) is 109 Å². The van der Waals surface area contributed by atoms with Gasteiger partial charge in [-0.05, 0) is 45.8 Å². The number of aliphatic hydroxyl groups is 2. The number of ketones is 1. The van der Waals surface area contributed by atoms with Crippen LogP contribution in [0.4, 0.5) is 31.8 Å². The van der Waals surface area contributed by atoms with Crippen LogP contribution in [0, 0.1) is 48.1 Å². The fourth-order valence-electron chi connectivity index (χ4n) is 13.3. The number of carbonyl (C=O) groups is 5. The van der Waals surface area contributed by atoms with E-state index < -0.39 is 123 Å². The maximum atomic E-state index is 15.2. The summed E-state index contributed by atoms with van der Waals surface area (Å²) >= 11 is 5.55. The van der Waals surface area contributed by atoms with E-state index >= 15 is 4.39 Å². The van der Waals surface area contributed by atoms with Crippen molar-refractivity contribution in [2.24, 2.45) is 56.0 Å². The van der Waals surface area contributed by atoms with Gasteiger partial charge in [-0.3, -0.25) is 29.0 Å². The fraction of sp³-hybridized carbons (Fsp3) is 0.493. The number of amides is 2. The van der Waals surface area contributed by atoms with Crippen LogP contribution >= 0.6 is 11.6 Å². The van der Waals surface area contributed by atoms with Crippen LogP contribution in [0.15, 0.2) is 68.2 Å². The molecule has 1 unspecified atom stereocenters. The van der Waals surface area contributed by atoms with Crippen LogP contribution in [0.1, 0.15) is 126 Å². The van der Waals surface area contributed by atoms with E-state index in [-0.39, 0.29) is 101 Å². The number of benzene rings is 3. The van der Waals surface area contributed by atoms with E-state index in [1.165, 1.54) is 31.8 Å². The number of methoxy groups -OCH3 is 1. The molecule has 10 rings (SSSR count). The number of aromatic nitrogens is 3. The average Bonchev–Trinajstić information content (AvgIpc) is 1.56. The third-order valence-electron chi connectivity index (χ3n) is 18.7. The zero-order chi connectivity index (χ0) is 74.8. The second kappa shape index (κ2) is 31.2. The molecule has 2 aromatic heterocycles. The minimum Gasteiger partial charge on any atom is -0.507 e. The lowest BCUT2D eigenvalue weighted by molar-refractivity contribution is -0.160. The number of pyridine rings is 1. The number of aryl methyl sites for hydroxylation is 1. The molecule has 5 aliphatic heterocycles. The highest BCUT2D eigenvalue weighted by Crippen LogP contribution is 2.51. The molecule has 101 heavy (non-hydrogen) atoms. The van der Waals surface area contributed by atoms with Crippen molar-refractivity contribution in [3.63, 3.8) is 0 Å². The Morgan fingerprint density at radius 3 is 2.21 bits per heavy atom. The van der Waals surface area contributed by atoms with Crippen LogP contribution in [0.25, 0.3) is 21.7 Å². The summed E-state index contributed by atoms with van der Waals surface area (Å²) in [6.07, 6.45) is 6.18. The molecule has 2 saturated heterocycles. The van der Waals surface area contributed by atoms with E-state index in [0.717, 1.165) is 31.9 Å². The second-order valence-corrected chi connectivity index (χ2v) is 27.0. The number of hydrogen-bond donors (Lipinski definition) is 11. The van der Waals surface area contributed by atoms with Gasteiger partial charge in [-0.1, -0.05) is 71.4 Å². The van der Waals surface area contributed by atoms with Crippen molar-refractivity contribution in [3.8, 4) is 17.2 Å². The number of Topliss-reactive ketones (excluding diaryl/α,β-unsaturated/α-hetero) is 1. The summed E-state index contributed by atoms with van der Waals surface area (Å²) in [6, 6.07) is 1.02. The molecule has 3 aromatic carbocycles. The number of esters is 1. The van der Waals surface area contributed by atoms with Crippen molar-refractivity contribution in [1.29, 1.82) is 0 Å². The number of fused-ring (bicyclic) bond motifs is 2. The number of carbonyl (C=O) groups excluding carboxylic acids is 4. The molecular weight excluding hydrogens is 1340 g/mol. The molecular formula is C69H89ClF2N14O15. The van der Waals surface area contributed by atoms with Gasteiger partial charge in [0.05, 0.1) is 52.1 Å². The van der Waals surface area contributed by atoms with E-state index in [9.17, 15) is 53.6 Å². The van der Waals surface area contributed by atoms with Crippen molar-refractivity contribution >= 4 is 91.8 Å². The van der Waals surface area contributed by atoms with E-state index in [2.05, 4.69) is 49.3 Å². The first-order valence-corrected chi connectivity index (χ1v) is 33.4. The Balaban J connectivity index is 0.000000262. The highest BCUT2D eigenvalue weighted by atomic mass is 35.5. The molecule has 1 spiro atoms. The van der Waals surface area contributed by atoms with E-state index in [0.29, 0.717) is 44.1 Å². The van der Waals surface area contributed by atoms with E-state index in [1.54, 1.807) is 77.7 Å². The number of phenols is 2. The molecule has 0 aliphatic carbocycles. The number of phenolic OH excluding ortho intramolecular Hbond substituents is 2. The Kier molecular flexibility index (Phi) is 23.9. The standard InChI is InChI=1S/C46H62N4O11.C17H19F2N3O3.C6H8ClN7O/c1-22(2)21-50-18-16-46(17-19-50)48-34-31-32-39(54)28(8)42-33(31)43(56)45(10,61-42)59-20-15-30(58-11)25(5)41(60-29(9)51)27(7)38(53)26(6)37(52)23(3)13-12-14-24(4)44(57)47-36(40(32)55)35(34)49-46;1-3-21-8-11(17(24)25)16(23)10-6-12(18)15(13(19)14(10)21)22-5-4-20-9(2)7-22;7-2-4(9)13-3(8)1(12-2)5(15)14-6(10)11/h12-15,20,22-23,25-27,30,37-38,41,48,52-55H,16-19,21H2,1-11H3;6,8-9,20H,3-5,7H2,1-2H3,(H,24,25);(H4,8,9,13)(H4,10,11,14,15)/b13-12+,20-15+,24-14-,47-36?;;/t23-,25+,26+,27+,30-,37-,38+,41+,45-;;/m0../s1. The van der Waals surface area contributed by atoms with Crippen LogP contribution in [-0.4, -0.2) is 169 Å². The van der Waals surface area contributed by atoms with Crippen molar-refractivity contribution in [2.45, 2.75) is 144 Å². The number of nitrogen functional groups attached to an aromatic ring is 2. The molecule has 2 amide bonds. The van der Waals surface area contributed by atoms with Crippen LogP contribution < -0.4 is 59.3 Å². The zero-order valence-corrected chi connectivity index (χ0v) is 59.3. The van der Waals surface area contributed by atoms with Gasteiger partial charge in [0.1, 0.15) is 51.0 Å². The number of carboxylic acid groups (broad SMARTS) is 1. The minimum atomic E-state index is -1.95. The Bertz CT molecular complexity index is 4420. The molecule has 5 aliphatic rings. The largest absolute Gasteiger partial charge is 0.507 e. The van der Waals surface area contributed by atoms with Gasteiger partial charge in [0.25, 0.3) is 11.7 Å². The molecule has 32 heteroatoms. The van der Waals surface area contributed by atoms with Gasteiger partial charge < -0.3 is 92.4 Å². The van der Waals surface area contributed by atoms with Gasteiger partial charge in [0, 0.05) is 132 Å². The first-order chi connectivity index (χ1) is 47.4. The number of nitrogens with two attached hydrogens (primary N) is 4. The average molecular weight is 1430 g/mol. The Labute approximate surface area is 585 Å². The zero-order valence-electron chi connectivity index (χ0n) is 58.5. The van der Waals surface area contributed by atoms with Gasteiger partial charge in [-0.15, -0.1) is 0 Å². The van der Waals surface area contributed by atoms with E-state index in [4.69, 9.17) is 63.6 Å². The number of hydrogen-bond acceptors (Lipinski definition) is 23. The molecule has 4 bridgehead atoms. The number of aliphatic imine (C=N–C) groups is 1. The third kappa shape index (κ3) is 16.0. The predicted molar refractivity (Wildman–Crippen MR) is 374 cm³/mol. The van der Waals surface area contributed by atoms with Crippen LogP contribution in [0.2, 0.25) is 5.15 Å². The number of ether oxygens (including phenoxy) is 4. The molecule has 0 radical (unpaired) electrons.